The number of nitrogens with one attached hydrogen (secondary N) is 1. The number of carbonyl (C=O) groups excluding carboxylic acids is 2. The molecule has 0 bridgehead atoms. The molecule has 216 valence electrons. The highest BCUT2D eigenvalue weighted by molar-refractivity contribution is 9.09. The number of hydrogen-bond acceptors (Lipinski definition) is 8. The zero-order valence-electron chi connectivity index (χ0n) is 22.4. The van der Waals surface area contributed by atoms with Gasteiger partial charge in [0.15, 0.2) is 11.6 Å². The molecule has 0 atom stereocenters. The van der Waals surface area contributed by atoms with Crippen LogP contribution in [-0.2, 0) is 25.6 Å². The van der Waals surface area contributed by atoms with E-state index in [1.54, 1.807) is 49.1 Å². The Morgan fingerprint density at radius 2 is 1.54 bits per heavy atom. The van der Waals surface area contributed by atoms with E-state index in [-0.39, 0.29) is 11.9 Å². The number of ether oxygens (including phenoxy) is 2. The lowest BCUT2D eigenvalue weighted by Gasteiger charge is -1.97. The maximum absolute atomic E-state index is 11.1. The minimum absolute atomic E-state index is 0.281. The Morgan fingerprint density at radius 3 is 2.10 bits per heavy atom. The summed E-state index contributed by atoms with van der Waals surface area (Å²) in [5.41, 5.74) is 1.80. The highest BCUT2D eigenvalue weighted by atomic mass is 79.9. The molecule has 0 fully saturated rings. The van der Waals surface area contributed by atoms with Gasteiger partial charge in [0.2, 0.25) is 0 Å². The monoisotopic (exact) mass is 662 g/mol. The number of H-pyrrole nitrogens is 1. The molecule has 0 amide bonds. The Balaban J connectivity index is 0.000000238. The molecule has 0 aliphatic heterocycles. The van der Waals surface area contributed by atoms with Crippen molar-refractivity contribution >= 4 is 51.1 Å². The van der Waals surface area contributed by atoms with E-state index in [0.29, 0.717) is 41.0 Å². The Labute approximate surface area is 256 Å². The third kappa shape index (κ3) is 13.4. The van der Waals surface area contributed by atoms with Crippen molar-refractivity contribution in [3.63, 3.8) is 0 Å². The van der Waals surface area contributed by atoms with Gasteiger partial charge in [-0.2, -0.15) is 10.2 Å². The SMILES string of the molecule is CCOC(=O)/C=C\CBr.CCOC(=O)/C=C\Cn1cnc(-c2cccc(Cl)c2)n1.Clc1cccc(-c2ncn[nH]2)c1. The van der Waals surface area contributed by atoms with Crippen molar-refractivity contribution in [2.75, 3.05) is 18.5 Å². The van der Waals surface area contributed by atoms with Crippen molar-refractivity contribution in [3.8, 4) is 22.8 Å². The molecule has 0 saturated carbocycles. The number of benzene rings is 2. The average Bonchev–Trinajstić information content (AvgIpc) is 3.66. The number of esters is 2. The van der Waals surface area contributed by atoms with Crippen molar-refractivity contribution in [2.24, 2.45) is 0 Å². The van der Waals surface area contributed by atoms with Crippen LogP contribution in [0.25, 0.3) is 22.8 Å². The number of carbonyl (C=O) groups is 2. The summed E-state index contributed by atoms with van der Waals surface area (Å²) in [5, 5.41) is 12.8. The number of halogens is 3. The van der Waals surface area contributed by atoms with Gasteiger partial charge in [-0.25, -0.2) is 24.2 Å². The van der Waals surface area contributed by atoms with Crippen LogP contribution in [0.1, 0.15) is 13.8 Å². The Bertz CT molecular complexity index is 1410. The van der Waals surface area contributed by atoms with Crippen LogP contribution >= 0.6 is 39.1 Å². The second-order valence-electron chi connectivity index (χ2n) is 7.61. The molecular formula is C28H29BrCl2N6O4. The smallest absolute Gasteiger partial charge is 0.330 e. The van der Waals surface area contributed by atoms with Crippen LogP contribution in [0.15, 0.2) is 85.5 Å². The van der Waals surface area contributed by atoms with Crippen molar-refractivity contribution in [2.45, 2.75) is 20.4 Å². The van der Waals surface area contributed by atoms with E-state index in [1.165, 1.54) is 18.5 Å². The molecule has 0 spiro atoms. The minimum atomic E-state index is -0.359. The number of aromatic nitrogens is 6. The van der Waals surface area contributed by atoms with Crippen molar-refractivity contribution in [1.29, 1.82) is 0 Å². The van der Waals surface area contributed by atoms with Crippen LogP contribution in [0.5, 0.6) is 0 Å². The Kier molecular flexibility index (Phi) is 15.7. The van der Waals surface area contributed by atoms with Gasteiger partial charge in [0.1, 0.15) is 12.7 Å². The predicted octanol–water partition coefficient (Wildman–Crippen LogP) is 6.34. The van der Waals surface area contributed by atoms with Gasteiger partial charge in [-0.05, 0) is 38.1 Å². The van der Waals surface area contributed by atoms with E-state index in [4.69, 9.17) is 27.9 Å². The normalized spacial score (nSPS) is 10.5. The zero-order valence-corrected chi connectivity index (χ0v) is 25.5. The molecule has 0 aliphatic carbocycles. The third-order valence-corrected chi connectivity index (χ3v) is 5.44. The summed E-state index contributed by atoms with van der Waals surface area (Å²) < 4.78 is 11.0. The number of hydrogen-bond donors (Lipinski definition) is 1. The number of nitrogens with zero attached hydrogens (tertiary/aromatic N) is 5. The molecule has 4 rings (SSSR count). The summed E-state index contributed by atoms with van der Waals surface area (Å²) in [6.45, 7) is 4.80. The average molecular weight is 664 g/mol. The fourth-order valence-electron chi connectivity index (χ4n) is 2.90. The third-order valence-electron chi connectivity index (χ3n) is 4.59. The lowest BCUT2D eigenvalue weighted by atomic mass is 10.2. The number of allylic oxidation sites excluding steroid dienone is 2. The molecule has 41 heavy (non-hydrogen) atoms. The van der Waals surface area contributed by atoms with Gasteiger partial charge in [0.05, 0.1) is 19.8 Å². The molecule has 4 aromatic rings. The first kappa shape index (κ1) is 33.4. The minimum Gasteiger partial charge on any atom is -0.463 e. The van der Waals surface area contributed by atoms with Crippen LogP contribution in [-0.4, -0.2) is 60.4 Å². The molecule has 0 radical (unpaired) electrons. The highest BCUT2D eigenvalue weighted by Gasteiger charge is 2.04. The van der Waals surface area contributed by atoms with Crippen molar-refractivity contribution < 1.29 is 19.1 Å². The van der Waals surface area contributed by atoms with Crippen LogP contribution in [0.3, 0.4) is 0 Å². The second-order valence-corrected chi connectivity index (χ2v) is 9.13. The number of aromatic amines is 1. The zero-order chi connectivity index (χ0) is 29.9. The molecule has 0 unspecified atom stereocenters. The van der Waals surface area contributed by atoms with Crippen LogP contribution < -0.4 is 0 Å². The van der Waals surface area contributed by atoms with E-state index in [0.717, 1.165) is 17.0 Å². The van der Waals surface area contributed by atoms with Gasteiger partial charge < -0.3 is 9.47 Å². The summed E-state index contributed by atoms with van der Waals surface area (Å²) in [4.78, 5) is 29.8. The molecule has 2 aromatic carbocycles. The lowest BCUT2D eigenvalue weighted by molar-refractivity contribution is -0.138. The Morgan fingerprint density at radius 1 is 0.927 bits per heavy atom. The molecule has 13 heteroatoms. The maximum atomic E-state index is 11.1. The lowest BCUT2D eigenvalue weighted by Crippen LogP contribution is -2.01. The van der Waals surface area contributed by atoms with Crippen molar-refractivity contribution in [3.05, 3.63) is 95.5 Å². The second kappa shape index (κ2) is 19.3. The quantitative estimate of drug-likeness (QED) is 0.125. The van der Waals surface area contributed by atoms with E-state index in [1.807, 2.05) is 36.4 Å². The molecule has 0 saturated heterocycles. The van der Waals surface area contributed by atoms with Crippen LogP contribution in [0.4, 0.5) is 0 Å². The van der Waals surface area contributed by atoms with E-state index in [9.17, 15) is 9.59 Å². The summed E-state index contributed by atoms with van der Waals surface area (Å²) in [6.07, 6.45) is 9.22. The van der Waals surface area contributed by atoms with E-state index in [2.05, 4.69) is 45.9 Å². The summed E-state index contributed by atoms with van der Waals surface area (Å²) in [5.74, 6) is 0.689. The van der Waals surface area contributed by atoms with Crippen molar-refractivity contribution in [1.82, 2.24) is 29.9 Å². The fourth-order valence-corrected chi connectivity index (χ4v) is 3.47. The van der Waals surface area contributed by atoms with Gasteiger partial charge in [0.25, 0.3) is 0 Å². The fraction of sp³-hybridized carbons (Fsp3) is 0.214. The standard InChI is InChI=1S/C14H14ClN3O2.C8H6ClN3.C6H9BrO2/c1-2-20-13(19)7-4-8-18-10-16-14(17-18)11-5-3-6-12(15)9-11;9-7-3-1-2-6(4-7)8-10-5-11-12-8;1-2-9-6(8)4-3-5-7/h3-7,9-10H,2,8H2,1H3;1-5H,(H,10,11,12);3-4H,2,5H2,1H3/b7-4-;;4-3-. The largest absolute Gasteiger partial charge is 0.463 e. The molecular weight excluding hydrogens is 635 g/mol. The van der Waals surface area contributed by atoms with Gasteiger partial charge in [-0.3, -0.25) is 5.10 Å². The van der Waals surface area contributed by atoms with E-state index >= 15 is 0 Å². The number of alkyl halides is 1. The Hall–Kier alpha value is -3.80. The first-order chi connectivity index (χ1) is 19.9. The van der Waals surface area contributed by atoms with Crippen LogP contribution in [0.2, 0.25) is 10.0 Å². The highest BCUT2D eigenvalue weighted by Crippen LogP contribution is 2.19. The molecule has 2 aromatic heterocycles. The maximum Gasteiger partial charge on any atom is 0.330 e. The first-order valence-electron chi connectivity index (χ1n) is 12.3. The van der Waals surface area contributed by atoms with Gasteiger partial charge >= 0.3 is 11.9 Å². The predicted molar refractivity (Wildman–Crippen MR) is 163 cm³/mol. The summed E-state index contributed by atoms with van der Waals surface area (Å²) in [7, 11) is 0. The van der Waals surface area contributed by atoms with E-state index < -0.39 is 0 Å². The summed E-state index contributed by atoms with van der Waals surface area (Å²) in [6, 6.07) is 14.8. The van der Waals surface area contributed by atoms with Gasteiger partial charge in [0, 0.05) is 38.7 Å². The topological polar surface area (TPSA) is 125 Å². The van der Waals surface area contributed by atoms with Gasteiger partial charge in [-0.15, -0.1) is 0 Å². The molecule has 1 N–H and O–H groups in total. The number of rotatable bonds is 9. The first-order valence-corrected chi connectivity index (χ1v) is 14.2. The molecule has 2 heterocycles. The van der Waals surface area contributed by atoms with Gasteiger partial charge in [-0.1, -0.05) is 75.5 Å². The molecule has 10 nitrogen and oxygen atoms in total. The van der Waals surface area contributed by atoms with Crippen LogP contribution in [0, 0.1) is 0 Å². The summed E-state index contributed by atoms with van der Waals surface area (Å²) >= 11 is 14.9. The molecule has 0 aliphatic rings.